The number of aromatic nitrogens is 2. The van der Waals surface area contributed by atoms with Gasteiger partial charge in [-0.2, -0.15) is 0 Å². The smallest absolute Gasteiger partial charge is 0.148 e. The van der Waals surface area contributed by atoms with Gasteiger partial charge in [0.05, 0.1) is 0 Å². The molecule has 19 heavy (non-hydrogen) atoms. The molecule has 1 aliphatic carbocycles. The number of nitrogens with two attached hydrogens (primary N) is 1. The maximum Gasteiger partial charge on any atom is 0.148 e. The van der Waals surface area contributed by atoms with Crippen LogP contribution in [0.3, 0.4) is 0 Å². The lowest BCUT2D eigenvalue weighted by Gasteiger charge is -2.20. The van der Waals surface area contributed by atoms with Crippen molar-refractivity contribution in [3.05, 3.63) is 11.9 Å². The summed E-state index contributed by atoms with van der Waals surface area (Å²) < 4.78 is 0. The Kier molecular flexibility index (Phi) is 4.93. The first-order chi connectivity index (χ1) is 9.30. The maximum absolute atomic E-state index is 5.47. The first kappa shape index (κ1) is 14.0. The van der Waals surface area contributed by atoms with Crippen molar-refractivity contribution in [3.63, 3.8) is 0 Å². The highest BCUT2D eigenvalue weighted by Crippen LogP contribution is 2.26. The summed E-state index contributed by atoms with van der Waals surface area (Å²) in [6.07, 6.45) is 5.09. The zero-order chi connectivity index (χ0) is 13.7. The molecule has 1 heterocycles. The topological polar surface area (TPSA) is 79.1 Å². The van der Waals surface area contributed by atoms with E-state index >= 15 is 0 Å². The van der Waals surface area contributed by atoms with Crippen LogP contribution in [0.2, 0.25) is 0 Å². The van der Waals surface area contributed by atoms with E-state index in [9.17, 15) is 0 Å². The molecule has 4 N–H and O–H groups in total. The zero-order valence-electron chi connectivity index (χ0n) is 11.8. The van der Waals surface area contributed by atoms with Crippen molar-refractivity contribution < 1.29 is 0 Å². The van der Waals surface area contributed by atoms with Crippen molar-refractivity contribution >= 4 is 11.6 Å². The Morgan fingerprint density at radius 3 is 2.63 bits per heavy atom. The molecule has 1 fully saturated rings. The fourth-order valence-corrected chi connectivity index (χ4v) is 2.38. The molecule has 6 nitrogen and oxygen atoms in total. The van der Waals surface area contributed by atoms with Gasteiger partial charge in [-0.3, -0.25) is 4.90 Å². The average Bonchev–Trinajstić information content (AvgIpc) is 3.27. The summed E-state index contributed by atoms with van der Waals surface area (Å²) in [6, 6.07) is 0.809. The van der Waals surface area contributed by atoms with Gasteiger partial charge in [0.25, 0.3) is 0 Å². The fourth-order valence-electron chi connectivity index (χ4n) is 2.38. The summed E-state index contributed by atoms with van der Waals surface area (Å²) in [7, 11) is 0. The van der Waals surface area contributed by atoms with Crippen LogP contribution < -0.4 is 16.6 Å². The van der Waals surface area contributed by atoms with Crippen molar-refractivity contribution in [2.75, 3.05) is 30.4 Å². The fraction of sp³-hybridized carbons (Fsp3) is 0.692. The van der Waals surface area contributed by atoms with Crippen LogP contribution in [0.15, 0.2) is 6.33 Å². The third kappa shape index (κ3) is 3.54. The Labute approximate surface area is 114 Å². The Hall–Kier alpha value is -1.40. The third-order valence-corrected chi connectivity index (χ3v) is 3.60. The van der Waals surface area contributed by atoms with Gasteiger partial charge in [0, 0.05) is 24.7 Å². The number of rotatable bonds is 8. The number of nitrogens with one attached hydrogen (secondary N) is 2. The molecule has 0 unspecified atom stereocenters. The molecule has 2 rings (SSSR count). The molecule has 1 aliphatic rings. The molecule has 0 radical (unpaired) electrons. The molecule has 0 aliphatic heterocycles. The molecule has 0 atom stereocenters. The van der Waals surface area contributed by atoms with Crippen LogP contribution in [0.1, 0.15) is 32.3 Å². The van der Waals surface area contributed by atoms with Crippen LogP contribution in [0, 0.1) is 0 Å². The lowest BCUT2D eigenvalue weighted by Crippen LogP contribution is -2.31. The van der Waals surface area contributed by atoms with Gasteiger partial charge in [0.15, 0.2) is 0 Å². The molecule has 0 bridgehead atoms. The molecule has 1 aromatic heterocycles. The predicted octanol–water partition coefficient (Wildman–Crippen LogP) is 1.22. The van der Waals surface area contributed by atoms with E-state index in [0.717, 1.165) is 43.5 Å². The van der Waals surface area contributed by atoms with Gasteiger partial charge in [0.2, 0.25) is 0 Å². The SMILES string of the molecule is CCc1c(NN)ncnc1NCCN(CC)C1CC1. The molecular weight excluding hydrogens is 240 g/mol. The van der Waals surface area contributed by atoms with E-state index in [1.54, 1.807) is 0 Å². The normalized spacial score (nSPS) is 14.7. The second kappa shape index (κ2) is 6.68. The molecule has 106 valence electrons. The van der Waals surface area contributed by atoms with Crippen molar-refractivity contribution in [1.82, 2.24) is 14.9 Å². The van der Waals surface area contributed by atoms with Gasteiger partial charge in [0.1, 0.15) is 18.0 Å². The minimum absolute atomic E-state index is 0.703. The number of hydrogen-bond donors (Lipinski definition) is 3. The number of hydrazine groups is 1. The number of hydrogen-bond acceptors (Lipinski definition) is 6. The van der Waals surface area contributed by atoms with Gasteiger partial charge in [-0.05, 0) is 25.8 Å². The van der Waals surface area contributed by atoms with Gasteiger partial charge >= 0.3 is 0 Å². The summed E-state index contributed by atoms with van der Waals surface area (Å²) in [5, 5.41) is 3.40. The third-order valence-electron chi connectivity index (χ3n) is 3.60. The van der Waals surface area contributed by atoms with Gasteiger partial charge in [-0.1, -0.05) is 13.8 Å². The van der Waals surface area contributed by atoms with Gasteiger partial charge in [-0.15, -0.1) is 0 Å². The first-order valence-corrected chi connectivity index (χ1v) is 7.08. The minimum atomic E-state index is 0.703. The van der Waals surface area contributed by atoms with E-state index in [1.165, 1.54) is 19.2 Å². The number of anilines is 2. The number of nitrogens with zero attached hydrogens (tertiary/aromatic N) is 3. The summed E-state index contributed by atoms with van der Waals surface area (Å²) in [5.74, 6) is 7.05. The van der Waals surface area contributed by atoms with Crippen molar-refractivity contribution in [3.8, 4) is 0 Å². The standard InChI is InChI=1S/C13H24N6/c1-3-11-12(16-9-17-13(11)18-14)15-7-8-19(4-2)10-5-6-10/h9-10H,3-8,14H2,1-2H3,(H2,15,16,17,18). The molecule has 1 saturated carbocycles. The van der Waals surface area contributed by atoms with Crippen LogP contribution in [0.25, 0.3) is 0 Å². The van der Waals surface area contributed by atoms with Crippen LogP contribution in [0.5, 0.6) is 0 Å². The summed E-state index contributed by atoms with van der Waals surface area (Å²) >= 11 is 0. The highest BCUT2D eigenvalue weighted by atomic mass is 15.3. The van der Waals surface area contributed by atoms with Crippen LogP contribution in [-0.4, -0.2) is 40.5 Å². The van der Waals surface area contributed by atoms with E-state index < -0.39 is 0 Å². The van der Waals surface area contributed by atoms with E-state index in [0.29, 0.717) is 5.82 Å². The summed E-state index contributed by atoms with van der Waals surface area (Å²) in [6.45, 7) is 7.37. The van der Waals surface area contributed by atoms with Gasteiger partial charge < -0.3 is 10.7 Å². The molecule has 1 aromatic rings. The zero-order valence-corrected chi connectivity index (χ0v) is 11.8. The number of nitrogen functional groups attached to an aromatic ring is 1. The van der Waals surface area contributed by atoms with Crippen LogP contribution in [-0.2, 0) is 6.42 Å². The lowest BCUT2D eigenvalue weighted by atomic mass is 10.2. The minimum Gasteiger partial charge on any atom is -0.368 e. The predicted molar refractivity (Wildman–Crippen MR) is 78.0 cm³/mol. The average molecular weight is 264 g/mol. The van der Waals surface area contributed by atoms with Gasteiger partial charge in [-0.25, -0.2) is 15.8 Å². The lowest BCUT2D eigenvalue weighted by molar-refractivity contribution is 0.289. The van der Waals surface area contributed by atoms with Crippen LogP contribution in [0.4, 0.5) is 11.6 Å². The second-order valence-corrected chi connectivity index (χ2v) is 4.83. The Morgan fingerprint density at radius 1 is 1.32 bits per heavy atom. The molecule has 0 amide bonds. The highest BCUT2D eigenvalue weighted by Gasteiger charge is 2.27. The monoisotopic (exact) mass is 264 g/mol. The molecular formula is C13H24N6. The van der Waals surface area contributed by atoms with Crippen molar-refractivity contribution in [2.24, 2.45) is 5.84 Å². The molecule has 0 saturated heterocycles. The van der Waals surface area contributed by atoms with E-state index in [2.05, 4.69) is 39.5 Å². The molecule has 6 heteroatoms. The molecule has 0 spiro atoms. The second-order valence-electron chi connectivity index (χ2n) is 4.83. The van der Waals surface area contributed by atoms with Crippen molar-refractivity contribution in [2.45, 2.75) is 39.2 Å². The van der Waals surface area contributed by atoms with E-state index in [1.807, 2.05) is 0 Å². The van der Waals surface area contributed by atoms with E-state index in [4.69, 9.17) is 5.84 Å². The maximum atomic E-state index is 5.47. The Balaban J connectivity index is 1.91. The highest BCUT2D eigenvalue weighted by molar-refractivity contribution is 5.56. The quantitative estimate of drug-likeness (QED) is 0.484. The summed E-state index contributed by atoms with van der Waals surface area (Å²) in [4.78, 5) is 10.9. The van der Waals surface area contributed by atoms with E-state index in [-0.39, 0.29) is 0 Å². The largest absolute Gasteiger partial charge is 0.368 e. The van der Waals surface area contributed by atoms with Crippen LogP contribution >= 0.6 is 0 Å². The Bertz CT molecular complexity index is 404. The molecule has 0 aromatic carbocycles. The first-order valence-electron chi connectivity index (χ1n) is 7.08. The number of likely N-dealkylation sites (N-methyl/N-ethyl adjacent to an activating group) is 1. The Morgan fingerprint density at radius 2 is 2.05 bits per heavy atom. The summed E-state index contributed by atoms with van der Waals surface area (Å²) in [5.41, 5.74) is 3.67. The van der Waals surface area contributed by atoms with Crippen molar-refractivity contribution in [1.29, 1.82) is 0 Å².